The molecule has 13 nitrogen and oxygen atoms in total. The lowest BCUT2D eigenvalue weighted by Gasteiger charge is -2.20. The summed E-state index contributed by atoms with van der Waals surface area (Å²) in [6, 6.07) is 13.9. The first-order chi connectivity index (χ1) is 19.5. The van der Waals surface area contributed by atoms with E-state index in [-0.39, 0.29) is 40.0 Å². The van der Waals surface area contributed by atoms with Crippen molar-refractivity contribution in [3.63, 3.8) is 0 Å². The number of aromatic nitrogens is 3. The molecule has 0 saturated carbocycles. The van der Waals surface area contributed by atoms with Gasteiger partial charge in [0.2, 0.25) is 0 Å². The summed E-state index contributed by atoms with van der Waals surface area (Å²) in [6.07, 6.45) is 0. The molecule has 0 unspecified atom stereocenters. The first-order valence-electron chi connectivity index (χ1n) is 11.8. The van der Waals surface area contributed by atoms with Crippen molar-refractivity contribution in [2.45, 2.75) is 13.0 Å². The molecule has 0 radical (unpaired) electrons. The van der Waals surface area contributed by atoms with Crippen LogP contribution in [0, 0.1) is 11.2 Å². The van der Waals surface area contributed by atoms with Crippen molar-refractivity contribution in [3.05, 3.63) is 99.5 Å². The molecule has 14 heteroatoms. The van der Waals surface area contributed by atoms with Crippen LogP contribution in [-0.2, 0) is 4.79 Å². The molecular weight excluding hydrogens is 539 g/mol. The first-order valence-corrected chi connectivity index (χ1v) is 11.8. The number of nitrogens with zero attached hydrogens (tertiary/aromatic N) is 2. The summed E-state index contributed by atoms with van der Waals surface area (Å²) in [6.45, 7) is 1.08. The Morgan fingerprint density at radius 2 is 1.66 bits per heavy atom. The highest BCUT2D eigenvalue weighted by atomic mass is 19.1. The van der Waals surface area contributed by atoms with Gasteiger partial charge in [0, 0.05) is 29.8 Å². The van der Waals surface area contributed by atoms with E-state index in [0.717, 1.165) is 17.7 Å². The lowest BCUT2D eigenvalue weighted by molar-refractivity contribution is -0.134. The zero-order chi connectivity index (χ0) is 30.3. The SMILES string of the molecule is CC(=O)O.COc1cc(F)c([C@H](Nc2ccc(C(=N)N)cc2)c2nn(-c3ccccc3C(=O)O)c(=O)[nH]2)cc1OC. The van der Waals surface area contributed by atoms with Crippen molar-refractivity contribution in [2.75, 3.05) is 19.5 Å². The fraction of sp³-hybridized carbons (Fsp3) is 0.148. The second kappa shape index (κ2) is 12.9. The Bertz CT molecular complexity index is 1630. The Hall–Kier alpha value is -5.66. The first kappa shape index (κ1) is 29.9. The number of hydrogen-bond acceptors (Lipinski definition) is 8. The van der Waals surface area contributed by atoms with Crippen molar-refractivity contribution in [1.29, 1.82) is 5.41 Å². The number of aromatic carboxylic acids is 1. The van der Waals surface area contributed by atoms with Crippen LogP contribution in [0.15, 0.2) is 65.5 Å². The number of nitrogen functional groups attached to an aromatic ring is 1. The zero-order valence-electron chi connectivity index (χ0n) is 22.1. The van der Waals surface area contributed by atoms with Gasteiger partial charge in [0.25, 0.3) is 5.97 Å². The van der Waals surface area contributed by atoms with Gasteiger partial charge in [-0.1, -0.05) is 12.1 Å². The van der Waals surface area contributed by atoms with Crippen LogP contribution in [0.1, 0.15) is 40.3 Å². The molecule has 1 atom stereocenters. The number of methoxy groups -OCH3 is 2. The highest BCUT2D eigenvalue weighted by Crippen LogP contribution is 2.35. The van der Waals surface area contributed by atoms with E-state index in [1.54, 1.807) is 30.3 Å². The molecule has 0 aliphatic rings. The fourth-order valence-corrected chi connectivity index (χ4v) is 3.77. The highest BCUT2D eigenvalue weighted by molar-refractivity contribution is 5.95. The van der Waals surface area contributed by atoms with E-state index in [1.165, 1.54) is 38.5 Å². The van der Waals surface area contributed by atoms with Gasteiger partial charge in [-0.25, -0.2) is 14.0 Å². The van der Waals surface area contributed by atoms with E-state index < -0.39 is 29.5 Å². The van der Waals surface area contributed by atoms with Crippen molar-refractivity contribution >= 4 is 23.5 Å². The molecule has 0 fully saturated rings. The number of hydrogen-bond donors (Lipinski definition) is 6. The molecule has 0 aliphatic carbocycles. The van der Waals surface area contributed by atoms with Crippen LogP contribution in [0.25, 0.3) is 5.69 Å². The third-order valence-corrected chi connectivity index (χ3v) is 5.59. The number of carboxylic acids is 2. The maximum Gasteiger partial charge on any atom is 0.348 e. The molecule has 7 N–H and O–H groups in total. The number of halogens is 1. The molecule has 41 heavy (non-hydrogen) atoms. The maximum absolute atomic E-state index is 15.3. The van der Waals surface area contributed by atoms with Crippen LogP contribution < -0.4 is 26.2 Å². The third-order valence-electron chi connectivity index (χ3n) is 5.59. The Morgan fingerprint density at radius 3 is 2.22 bits per heavy atom. The summed E-state index contributed by atoms with van der Waals surface area (Å²) in [4.78, 5) is 36.2. The summed E-state index contributed by atoms with van der Waals surface area (Å²) in [5, 5.41) is 32.0. The van der Waals surface area contributed by atoms with Gasteiger partial charge in [-0.15, -0.1) is 5.10 Å². The van der Waals surface area contributed by atoms with E-state index in [1.807, 2.05) is 0 Å². The molecule has 214 valence electrons. The number of para-hydroxylation sites is 1. The number of anilines is 1. The number of rotatable bonds is 9. The molecule has 3 aromatic carbocycles. The standard InChI is InChI=1S/C25H23FN6O5.C2H4O2/c1-36-19-11-16(17(26)12-20(19)37-2)21(29-14-9-7-13(8-10-14)22(27)28)23-30-25(35)32(31-23)18-6-4-3-5-15(18)24(33)34;1-2(3)4/h3-12,21,29H,1-2H3,(H3,27,28)(H,33,34)(H,30,31,35);1H3,(H,3,4)/t21-;/m0./s1. The molecule has 0 amide bonds. The number of nitrogens with two attached hydrogens (primary N) is 1. The van der Waals surface area contributed by atoms with E-state index >= 15 is 4.39 Å². The summed E-state index contributed by atoms with van der Waals surface area (Å²) in [5.41, 5.74) is 5.78. The van der Waals surface area contributed by atoms with E-state index in [9.17, 15) is 14.7 Å². The fourth-order valence-electron chi connectivity index (χ4n) is 3.77. The number of aromatic amines is 1. The number of carboxylic acid groups (broad SMARTS) is 2. The lowest BCUT2D eigenvalue weighted by atomic mass is 10.0. The summed E-state index contributed by atoms with van der Waals surface area (Å²) in [5.74, 6) is -2.44. The van der Waals surface area contributed by atoms with Gasteiger partial charge in [0.15, 0.2) is 17.3 Å². The van der Waals surface area contributed by atoms with Gasteiger partial charge in [-0.3, -0.25) is 15.2 Å². The molecule has 0 aliphatic heterocycles. The number of aliphatic carboxylic acids is 1. The van der Waals surface area contributed by atoms with Crippen LogP contribution in [-0.4, -0.2) is 57.0 Å². The van der Waals surface area contributed by atoms with Crippen LogP contribution >= 0.6 is 0 Å². The van der Waals surface area contributed by atoms with Crippen LogP contribution in [0.4, 0.5) is 10.1 Å². The minimum Gasteiger partial charge on any atom is -0.493 e. The zero-order valence-corrected chi connectivity index (χ0v) is 22.1. The molecule has 1 aromatic heterocycles. The number of carbonyl (C=O) groups is 2. The third kappa shape index (κ3) is 7.06. The Morgan fingerprint density at radius 1 is 1.07 bits per heavy atom. The molecule has 1 heterocycles. The molecule has 4 aromatic rings. The Balaban J connectivity index is 0.00000108. The monoisotopic (exact) mass is 566 g/mol. The van der Waals surface area contributed by atoms with E-state index in [0.29, 0.717) is 11.3 Å². The van der Waals surface area contributed by atoms with E-state index in [2.05, 4.69) is 15.4 Å². The van der Waals surface area contributed by atoms with Gasteiger partial charge < -0.3 is 30.7 Å². The Labute approximate surface area is 232 Å². The van der Waals surface area contributed by atoms with Crippen LogP contribution in [0.5, 0.6) is 11.5 Å². The van der Waals surface area contributed by atoms with Gasteiger partial charge in [0.1, 0.15) is 17.7 Å². The quantitative estimate of drug-likeness (QED) is 0.129. The number of ether oxygens (including phenoxy) is 2. The minimum absolute atomic E-state index is 0.00644. The van der Waals surface area contributed by atoms with Gasteiger partial charge in [-0.05, 0) is 42.5 Å². The summed E-state index contributed by atoms with van der Waals surface area (Å²) < 4.78 is 26.8. The van der Waals surface area contributed by atoms with Crippen molar-refractivity contribution in [2.24, 2.45) is 5.73 Å². The predicted octanol–water partition coefficient (Wildman–Crippen LogP) is 2.99. The highest BCUT2D eigenvalue weighted by Gasteiger charge is 2.26. The van der Waals surface area contributed by atoms with Crippen molar-refractivity contribution in [3.8, 4) is 17.2 Å². The van der Waals surface area contributed by atoms with Crippen LogP contribution in [0.2, 0.25) is 0 Å². The number of benzene rings is 3. The average molecular weight is 567 g/mol. The second-order valence-corrected chi connectivity index (χ2v) is 8.37. The largest absolute Gasteiger partial charge is 0.493 e. The number of H-pyrrole nitrogens is 1. The smallest absolute Gasteiger partial charge is 0.348 e. The molecule has 0 spiro atoms. The normalized spacial score (nSPS) is 11.0. The van der Waals surface area contributed by atoms with E-state index in [4.69, 9.17) is 30.5 Å². The minimum atomic E-state index is -1.24. The van der Waals surface area contributed by atoms with Gasteiger partial charge >= 0.3 is 11.7 Å². The van der Waals surface area contributed by atoms with Crippen molar-refractivity contribution in [1.82, 2.24) is 14.8 Å². The van der Waals surface area contributed by atoms with Crippen LogP contribution in [0.3, 0.4) is 0 Å². The topological polar surface area (TPSA) is 206 Å². The molecule has 0 bridgehead atoms. The number of amidine groups is 1. The van der Waals surface area contributed by atoms with Gasteiger partial charge in [0.05, 0.1) is 25.5 Å². The molecule has 0 saturated heterocycles. The Kier molecular flexibility index (Phi) is 9.42. The average Bonchev–Trinajstić information content (AvgIpc) is 3.32. The molecular formula is C27H27FN6O7. The lowest BCUT2D eigenvalue weighted by Crippen LogP contribution is -2.18. The molecule has 4 rings (SSSR count). The van der Waals surface area contributed by atoms with Gasteiger partial charge in [-0.2, -0.15) is 4.68 Å². The summed E-state index contributed by atoms with van der Waals surface area (Å²) >= 11 is 0. The maximum atomic E-state index is 15.3. The van der Waals surface area contributed by atoms with Crippen molar-refractivity contribution < 1.29 is 33.7 Å². The summed E-state index contributed by atoms with van der Waals surface area (Å²) in [7, 11) is 2.78. The predicted molar refractivity (Wildman–Crippen MR) is 147 cm³/mol. The second-order valence-electron chi connectivity index (χ2n) is 8.37. The number of nitrogens with one attached hydrogen (secondary N) is 3.